The van der Waals surface area contributed by atoms with E-state index in [1.54, 1.807) is 12.1 Å². The van der Waals surface area contributed by atoms with Gasteiger partial charge in [-0.25, -0.2) is 8.78 Å². The van der Waals surface area contributed by atoms with Crippen molar-refractivity contribution in [1.82, 2.24) is 0 Å². The molecule has 92 valence electrons. The summed E-state index contributed by atoms with van der Waals surface area (Å²) in [5.41, 5.74) is -0.121. The normalized spacial score (nSPS) is 17.6. The van der Waals surface area contributed by atoms with Gasteiger partial charge in [0.1, 0.15) is 0 Å². The maximum Gasteiger partial charge on any atom is 0.316 e. The lowest BCUT2D eigenvalue weighted by molar-refractivity contribution is -0.143. The second kappa shape index (κ2) is 3.79. The summed E-state index contributed by atoms with van der Waals surface area (Å²) in [4.78, 5) is 11.6. The molecule has 0 spiro atoms. The molecule has 0 aliphatic heterocycles. The molecule has 0 heterocycles. The van der Waals surface area contributed by atoms with Crippen LogP contribution in [0.5, 0.6) is 0 Å². The quantitative estimate of drug-likeness (QED) is 0.759. The summed E-state index contributed by atoms with van der Waals surface area (Å²) in [5, 5.41) is 0. The van der Waals surface area contributed by atoms with Gasteiger partial charge in [-0.15, -0.1) is 0 Å². The van der Waals surface area contributed by atoms with Crippen molar-refractivity contribution in [3.05, 3.63) is 35.4 Å². The number of benzene rings is 1. The van der Waals surface area contributed by atoms with E-state index in [0.29, 0.717) is 18.4 Å². The SMILES string of the molecule is COC(=O)C1(c2cccc(C(C)(F)F)c2)CC1. The van der Waals surface area contributed by atoms with E-state index in [9.17, 15) is 13.6 Å². The second-order valence-electron chi connectivity index (χ2n) is 4.54. The number of carbonyl (C=O) groups is 1. The Morgan fingerprint density at radius 1 is 1.41 bits per heavy atom. The van der Waals surface area contributed by atoms with Crippen LogP contribution in [0.1, 0.15) is 30.9 Å². The van der Waals surface area contributed by atoms with Crippen molar-refractivity contribution in [2.75, 3.05) is 7.11 Å². The highest BCUT2D eigenvalue weighted by Gasteiger charge is 2.52. The fourth-order valence-electron chi connectivity index (χ4n) is 2.02. The first kappa shape index (κ1) is 12.0. The number of halogens is 2. The van der Waals surface area contributed by atoms with Crippen LogP contribution in [-0.4, -0.2) is 13.1 Å². The molecule has 17 heavy (non-hydrogen) atoms. The predicted molar refractivity (Wildman–Crippen MR) is 58.9 cm³/mol. The molecular weight excluding hydrogens is 226 g/mol. The Balaban J connectivity index is 2.38. The highest BCUT2D eigenvalue weighted by molar-refractivity contribution is 5.86. The molecule has 2 nitrogen and oxygen atoms in total. The zero-order valence-corrected chi connectivity index (χ0v) is 9.80. The summed E-state index contributed by atoms with van der Waals surface area (Å²) in [5.74, 6) is -3.23. The number of esters is 1. The van der Waals surface area contributed by atoms with Crippen LogP contribution in [0.3, 0.4) is 0 Å². The van der Waals surface area contributed by atoms with Crippen molar-refractivity contribution < 1.29 is 18.3 Å². The highest BCUT2D eigenvalue weighted by atomic mass is 19.3. The van der Waals surface area contributed by atoms with E-state index < -0.39 is 11.3 Å². The minimum absolute atomic E-state index is 0.0646. The van der Waals surface area contributed by atoms with Gasteiger partial charge >= 0.3 is 5.97 Å². The number of alkyl halides is 2. The maximum absolute atomic E-state index is 13.2. The number of carbonyl (C=O) groups excluding carboxylic acids is 1. The third kappa shape index (κ3) is 2.04. The van der Waals surface area contributed by atoms with Gasteiger partial charge in [-0.05, 0) is 24.5 Å². The highest BCUT2D eigenvalue weighted by Crippen LogP contribution is 2.49. The minimum atomic E-state index is -2.89. The first-order chi connectivity index (χ1) is 7.90. The van der Waals surface area contributed by atoms with E-state index in [1.807, 2.05) is 0 Å². The van der Waals surface area contributed by atoms with Crippen molar-refractivity contribution in [2.45, 2.75) is 31.1 Å². The molecular formula is C13H14F2O2. The molecule has 1 aromatic carbocycles. The monoisotopic (exact) mass is 240 g/mol. The Morgan fingerprint density at radius 3 is 2.53 bits per heavy atom. The van der Waals surface area contributed by atoms with Gasteiger partial charge in [-0.3, -0.25) is 4.79 Å². The van der Waals surface area contributed by atoms with Gasteiger partial charge in [0.25, 0.3) is 5.92 Å². The van der Waals surface area contributed by atoms with Gasteiger partial charge in [-0.2, -0.15) is 0 Å². The maximum atomic E-state index is 13.2. The van der Waals surface area contributed by atoms with Crippen molar-refractivity contribution >= 4 is 5.97 Å². The number of hydrogen-bond acceptors (Lipinski definition) is 2. The zero-order valence-electron chi connectivity index (χ0n) is 9.80. The van der Waals surface area contributed by atoms with E-state index in [4.69, 9.17) is 4.74 Å². The predicted octanol–water partition coefficient (Wildman–Crippen LogP) is 3.00. The van der Waals surface area contributed by atoms with E-state index in [0.717, 1.165) is 6.92 Å². The first-order valence-corrected chi connectivity index (χ1v) is 5.47. The Hall–Kier alpha value is -1.45. The average molecular weight is 240 g/mol. The van der Waals surface area contributed by atoms with Crippen LogP contribution in [0.2, 0.25) is 0 Å². The Bertz CT molecular complexity index is 445. The fraction of sp³-hybridized carbons (Fsp3) is 0.462. The fourth-order valence-corrected chi connectivity index (χ4v) is 2.02. The molecule has 1 aliphatic rings. The number of hydrogen-bond donors (Lipinski definition) is 0. The molecule has 0 saturated heterocycles. The molecule has 1 aliphatic carbocycles. The largest absolute Gasteiger partial charge is 0.468 e. The molecule has 0 bridgehead atoms. The van der Waals surface area contributed by atoms with Crippen LogP contribution in [-0.2, 0) is 20.9 Å². The molecule has 1 fully saturated rings. The van der Waals surface area contributed by atoms with E-state index in [2.05, 4.69) is 0 Å². The summed E-state index contributed by atoms with van der Waals surface area (Å²) in [6.45, 7) is 0.851. The molecule has 1 aromatic rings. The lowest BCUT2D eigenvalue weighted by Gasteiger charge is -2.16. The number of rotatable bonds is 3. The average Bonchev–Trinajstić information content (AvgIpc) is 3.08. The summed E-state index contributed by atoms with van der Waals surface area (Å²) >= 11 is 0. The van der Waals surface area contributed by atoms with Crippen LogP contribution < -0.4 is 0 Å². The van der Waals surface area contributed by atoms with Crippen LogP contribution in [0.25, 0.3) is 0 Å². The first-order valence-electron chi connectivity index (χ1n) is 5.47. The molecule has 0 aromatic heterocycles. The van der Waals surface area contributed by atoms with Gasteiger partial charge in [0, 0.05) is 12.5 Å². The molecule has 1 saturated carbocycles. The standard InChI is InChI=1S/C13H14F2O2/c1-12(14,15)9-4-3-5-10(8-9)13(6-7-13)11(16)17-2/h3-5,8H,6-7H2,1-2H3. The summed E-state index contributed by atoms with van der Waals surface area (Å²) in [6, 6.07) is 6.05. The third-order valence-corrected chi connectivity index (χ3v) is 3.25. The van der Waals surface area contributed by atoms with Gasteiger partial charge in [0.2, 0.25) is 0 Å². The van der Waals surface area contributed by atoms with Crippen LogP contribution in [0.15, 0.2) is 24.3 Å². The topological polar surface area (TPSA) is 26.3 Å². The van der Waals surface area contributed by atoms with Crippen molar-refractivity contribution in [3.63, 3.8) is 0 Å². The van der Waals surface area contributed by atoms with Crippen molar-refractivity contribution in [3.8, 4) is 0 Å². The lowest BCUT2D eigenvalue weighted by atomic mass is 9.93. The van der Waals surface area contributed by atoms with E-state index in [1.165, 1.54) is 19.2 Å². The van der Waals surface area contributed by atoms with Gasteiger partial charge in [-0.1, -0.05) is 18.2 Å². The second-order valence-corrected chi connectivity index (χ2v) is 4.54. The summed E-state index contributed by atoms with van der Waals surface area (Å²) in [7, 11) is 1.32. The van der Waals surface area contributed by atoms with Gasteiger partial charge < -0.3 is 4.74 Å². The lowest BCUT2D eigenvalue weighted by Crippen LogP contribution is -2.22. The van der Waals surface area contributed by atoms with Crippen LogP contribution >= 0.6 is 0 Å². The van der Waals surface area contributed by atoms with Gasteiger partial charge in [0.05, 0.1) is 12.5 Å². The molecule has 0 N–H and O–H groups in total. The van der Waals surface area contributed by atoms with Crippen LogP contribution in [0.4, 0.5) is 8.78 Å². The van der Waals surface area contributed by atoms with Gasteiger partial charge in [0.15, 0.2) is 0 Å². The Labute approximate surface area is 98.6 Å². The van der Waals surface area contributed by atoms with Crippen molar-refractivity contribution in [2.24, 2.45) is 0 Å². The number of methoxy groups -OCH3 is 1. The molecule has 0 radical (unpaired) electrons. The summed E-state index contributed by atoms with van der Waals surface area (Å²) < 4.78 is 31.2. The number of ether oxygens (including phenoxy) is 1. The Kier molecular flexibility index (Phi) is 2.68. The molecule has 4 heteroatoms. The summed E-state index contributed by atoms with van der Waals surface area (Å²) in [6.07, 6.45) is 1.33. The molecule has 0 amide bonds. The third-order valence-electron chi connectivity index (χ3n) is 3.25. The zero-order chi connectivity index (χ0) is 12.7. The molecule has 0 unspecified atom stereocenters. The van der Waals surface area contributed by atoms with E-state index in [-0.39, 0.29) is 11.5 Å². The molecule has 0 atom stereocenters. The smallest absolute Gasteiger partial charge is 0.316 e. The molecule has 2 rings (SSSR count). The van der Waals surface area contributed by atoms with Crippen LogP contribution in [0, 0.1) is 0 Å². The van der Waals surface area contributed by atoms with E-state index >= 15 is 0 Å². The minimum Gasteiger partial charge on any atom is -0.468 e. The van der Waals surface area contributed by atoms with Crippen molar-refractivity contribution in [1.29, 1.82) is 0 Å². The Morgan fingerprint density at radius 2 is 2.06 bits per heavy atom.